The van der Waals surface area contributed by atoms with Crippen molar-refractivity contribution in [3.8, 4) is 5.75 Å². The Morgan fingerprint density at radius 1 is 1.43 bits per heavy atom. The van der Waals surface area contributed by atoms with Crippen molar-refractivity contribution in [3.05, 3.63) is 23.8 Å². The standard InChI is InChI=1S/C14H17F3N2O2/c1-9(20)19-4-2-3-12(19)8-21-13-6-10(14(15,16)17)5-11(18)7-13/h5-7,12H,2-4,8,18H2,1H3/t12-/m1/s1. The van der Waals surface area contributed by atoms with E-state index in [1.807, 2.05) is 0 Å². The number of carbonyl (C=O) groups is 1. The van der Waals surface area contributed by atoms with Crippen LogP contribution in [0.2, 0.25) is 0 Å². The van der Waals surface area contributed by atoms with Gasteiger partial charge in [-0.15, -0.1) is 0 Å². The van der Waals surface area contributed by atoms with Crippen molar-refractivity contribution in [2.24, 2.45) is 0 Å². The van der Waals surface area contributed by atoms with Gasteiger partial charge in [-0.1, -0.05) is 0 Å². The molecule has 21 heavy (non-hydrogen) atoms. The van der Waals surface area contributed by atoms with E-state index in [0.29, 0.717) is 6.54 Å². The number of carbonyl (C=O) groups excluding carboxylic acids is 1. The first-order valence-electron chi connectivity index (χ1n) is 6.65. The first kappa shape index (κ1) is 15.5. The maximum absolute atomic E-state index is 12.7. The van der Waals surface area contributed by atoms with Crippen LogP contribution in [0.4, 0.5) is 18.9 Å². The molecule has 2 rings (SSSR count). The van der Waals surface area contributed by atoms with Gasteiger partial charge in [0.2, 0.25) is 5.91 Å². The van der Waals surface area contributed by atoms with Crippen LogP contribution in [0.5, 0.6) is 5.75 Å². The van der Waals surface area contributed by atoms with Gasteiger partial charge in [-0.05, 0) is 25.0 Å². The lowest BCUT2D eigenvalue weighted by Gasteiger charge is -2.23. The number of anilines is 1. The van der Waals surface area contributed by atoms with Crippen LogP contribution >= 0.6 is 0 Å². The fourth-order valence-electron chi connectivity index (χ4n) is 2.49. The maximum Gasteiger partial charge on any atom is 0.416 e. The molecule has 0 radical (unpaired) electrons. The summed E-state index contributed by atoms with van der Waals surface area (Å²) in [4.78, 5) is 13.1. The Morgan fingerprint density at radius 2 is 2.14 bits per heavy atom. The van der Waals surface area contributed by atoms with E-state index < -0.39 is 11.7 Å². The molecule has 1 aliphatic rings. The monoisotopic (exact) mass is 302 g/mol. The van der Waals surface area contributed by atoms with E-state index in [0.717, 1.165) is 25.0 Å². The molecule has 1 fully saturated rings. The van der Waals surface area contributed by atoms with Crippen LogP contribution in [-0.2, 0) is 11.0 Å². The van der Waals surface area contributed by atoms with Gasteiger partial charge < -0.3 is 15.4 Å². The van der Waals surface area contributed by atoms with Gasteiger partial charge >= 0.3 is 6.18 Å². The van der Waals surface area contributed by atoms with Crippen LogP contribution in [-0.4, -0.2) is 30.0 Å². The largest absolute Gasteiger partial charge is 0.491 e. The zero-order valence-corrected chi connectivity index (χ0v) is 11.6. The zero-order valence-electron chi connectivity index (χ0n) is 11.6. The average Bonchev–Trinajstić information content (AvgIpc) is 2.83. The van der Waals surface area contributed by atoms with E-state index in [2.05, 4.69) is 0 Å². The fourth-order valence-corrected chi connectivity index (χ4v) is 2.49. The number of halogens is 3. The molecule has 1 heterocycles. The quantitative estimate of drug-likeness (QED) is 0.873. The van der Waals surface area contributed by atoms with Crippen molar-refractivity contribution in [2.75, 3.05) is 18.9 Å². The van der Waals surface area contributed by atoms with Gasteiger partial charge in [-0.3, -0.25) is 4.79 Å². The van der Waals surface area contributed by atoms with Crippen molar-refractivity contribution in [3.63, 3.8) is 0 Å². The van der Waals surface area contributed by atoms with E-state index in [1.165, 1.54) is 13.0 Å². The van der Waals surface area contributed by atoms with Crippen LogP contribution < -0.4 is 10.5 Å². The molecule has 4 nitrogen and oxygen atoms in total. The summed E-state index contributed by atoms with van der Waals surface area (Å²) in [7, 11) is 0. The molecule has 1 saturated heterocycles. The Bertz CT molecular complexity index is 531. The second-order valence-corrected chi connectivity index (χ2v) is 5.11. The first-order valence-corrected chi connectivity index (χ1v) is 6.65. The normalized spacial score (nSPS) is 18.9. The lowest BCUT2D eigenvalue weighted by molar-refractivity contribution is -0.137. The van der Waals surface area contributed by atoms with Crippen molar-refractivity contribution >= 4 is 11.6 Å². The second-order valence-electron chi connectivity index (χ2n) is 5.11. The predicted molar refractivity (Wildman–Crippen MR) is 71.8 cm³/mol. The smallest absolute Gasteiger partial charge is 0.416 e. The molecule has 0 aliphatic carbocycles. The predicted octanol–water partition coefficient (Wildman–Crippen LogP) is 2.68. The summed E-state index contributed by atoms with van der Waals surface area (Å²) < 4.78 is 43.5. The van der Waals surface area contributed by atoms with Crippen LogP contribution in [0.25, 0.3) is 0 Å². The van der Waals surface area contributed by atoms with E-state index in [9.17, 15) is 18.0 Å². The number of alkyl halides is 3. The summed E-state index contributed by atoms with van der Waals surface area (Å²) in [5, 5.41) is 0. The highest BCUT2D eigenvalue weighted by molar-refractivity contribution is 5.73. The molecule has 1 aromatic carbocycles. The van der Waals surface area contributed by atoms with E-state index >= 15 is 0 Å². The van der Waals surface area contributed by atoms with Crippen LogP contribution in [0.15, 0.2) is 18.2 Å². The third kappa shape index (κ3) is 3.80. The highest BCUT2D eigenvalue weighted by Gasteiger charge is 2.32. The summed E-state index contributed by atoms with van der Waals surface area (Å²) in [5.74, 6) is 0.0161. The number of nitrogens with two attached hydrogens (primary N) is 1. The molecule has 1 atom stereocenters. The minimum absolute atomic E-state index is 0.00493. The van der Waals surface area contributed by atoms with Gasteiger partial charge in [0.1, 0.15) is 12.4 Å². The lowest BCUT2D eigenvalue weighted by Crippen LogP contribution is -2.37. The van der Waals surface area contributed by atoms with Gasteiger partial charge in [0.25, 0.3) is 0 Å². The molecule has 116 valence electrons. The highest BCUT2D eigenvalue weighted by Crippen LogP contribution is 2.33. The Kier molecular flexibility index (Phi) is 4.29. The number of likely N-dealkylation sites (tertiary alicyclic amines) is 1. The summed E-state index contributed by atoms with van der Waals surface area (Å²) in [6.07, 6.45) is -2.81. The second kappa shape index (κ2) is 5.83. The summed E-state index contributed by atoms with van der Waals surface area (Å²) in [6, 6.07) is 3.04. The minimum Gasteiger partial charge on any atom is -0.491 e. The Labute approximate surface area is 120 Å². The van der Waals surface area contributed by atoms with Gasteiger partial charge in [-0.25, -0.2) is 0 Å². The number of amides is 1. The van der Waals surface area contributed by atoms with E-state index in [1.54, 1.807) is 4.90 Å². The number of nitrogen functional groups attached to an aromatic ring is 1. The van der Waals surface area contributed by atoms with E-state index in [4.69, 9.17) is 10.5 Å². The maximum atomic E-state index is 12.7. The number of hydrogen-bond donors (Lipinski definition) is 1. The summed E-state index contributed by atoms with van der Waals surface area (Å²) in [6.45, 7) is 2.30. The third-order valence-electron chi connectivity index (χ3n) is 3.48. The van der Waals surface area contributed by atoms with Gasteiger partial charge in [0.05, 0.1) is 11.6 Å². The molecule has 0 saturated carbocycles. The highest BCUT2D eigenvalue weighted by atomic mass is 19.4. The minimum atomic E-state index is -4.47. The van der Waals surface area contributed by atoms with E-state index in [-0.39, 0.29) is 30.0 Å². The molecule has 1 amide bonds. The number of nitrogens with zero attached hydrogens (tertiary/aromatic N) is 1. The molecule has 1 aromatic rings. The topological polar surface area (TPSA) is 55.6 Å². The van der Waals surface area contributed by atoms with Gasteiger partial charge in [0, 0.05) is 25.2 Å². The molecule has 0 unspecified atom stereocenters. The zero-order chi connectivity index (χ0) is 15.6. The molecular weight excluding hydrogens is 285 g/mol. The summed E-state index contributed by atoms with van der Waals surface area (Å²) >= 11 is 0. The van der Waals surface area contributed by atoms with Crippen molar-refractivity contribution in [1.29, 1.82) is 0 Å². The molecule has 0 bridgehead atoms. The van der Waals surface area contributed by atoms with Crippen LogP contribution in [0, 0.1) is 0 Å². The number of benzene rings is 1. The van der Waals surface area contributed by atoms with Crippen molar-refractivity contribution < 1.29 is 22.7 Å². The Hall–Kier alpha value is -1.92. The van der Waals surface area contributed by atoms with Gasteiger partial charge in [0.15, 0.2) is 0 Å². The summed E-state index contributed by atoms with van der Waals surface area (Å²) in [5.41, 5.74) is 4.63. The first-order chi connectivity index (χ1) is 9.77. The molecular formula is C14H17F3N2O2. The SMILES string of the molecule is CC(=O)N1CCC[C@@H]1COc1cc(N)cc(C(F)(F)F)c1. The lowest BCUT2D eigenvalue weighted by atomic mass is 10.2. The van der Waals surface area contributed by atoms with Crippen molar-refractivity contribution in [1.82, 2.24) is 4.90 Å². The van der Waals surface area contributed by atoms with Crippen molar-refractivity contribution in [2.45, 2.75) is 32.0 Å². The average molecular weight is 302 g/mol. The molecule has 0 aromatic heterocycles. The van der Waals surface area contributed by atoms with Gasteiger partial charge in [-0.2, -0.15) is 13.2 Å². The van der Waals surface area contributed by atoms with Crippen LogP contribution in [0.3, 0.4) is 0 Å². The molecule has 7 heteroatoms. The number of hydrogen-bond acceptors (Lipinski definition) is 3. The number of rotatable bonds is 3. The number of ether oxygens (including phenoxy) is 1. The molecule has 1 aliphatic heterocycles. The third-order valence-corrected chi connectivity index (χ3v) is 3.48. The molecule has 0 spiro atoms. The van der Waals surface area contributed by atoms with Crippen LogP contribution in [0.1, 0.15) is 25.3 Å². The Balaban J connectivity index is 2.06. The molecule has 2 N–H and O–H groups in total. The fraction of sp³-hybridized carbons (Fsp3) is 0.500. The Morgan fingerprint density at radius 3 is 2.76 bits per heavy atom.